The summed E-state index contributed by atoms with van der Waals surface area (Å²) in [6.45, 7) is 2.01. The van der Waals surface area contributed by atoms with Crippen molar-refractivity contribution in [2.24, 2.45) is 0 Å². The van der Waals surface area contributed by atoms with E-state index in [1.807, 2.05) is 12.1 Å². The molecule has 32 heavy (non-hydrogen) atoms. The maximum absolute atomic E-state index is 11.8. The summed E-state index contributed by atoms with van der Waals surface area (Å²) in [4.78, 5) is 29.7. The van der Waals surface area contributed by atoms with E-state index >= 15 is 0 Å². The zero-order valence-electron chi connectivity index (χ0n) is 17.3. The predicted molar refractivity (Wildman–Crippen MR) is 115 cm³/mol. The minimum Gasteiger partial charge on any atom is -0.457 e. The number of ether oxygens (including phenoxy) is 4. The van der Waals surface area contributed by atoms with Crippen molar-refractivity contribution < 1.29 is 28.7 Å². The molecule has 0 amide bonds. The van der Waals surface area contributed by atoms with Crippen LogP contribution in [0.25, 0.3) is 21.8 Å². The summed E-state index contributed by atoms with van der Waals surface area (Å²) >= 11 is 0. The van der Waals surface area contributed by atoms with E-state index in [9.17, 15) is 14.9 Å². The number of rotatable bonds is 7. The minimum absolute atomic E-state index is 0.0183. The fraction of sp³-hybridized carbons (Fsp3) is 0.182. The molecule has 0 atom stereocenters. The molecule has 10 heteroatoms. The third-order valence-corrected chi connectivity index (χ3v) is 4.68. The molecule has 4 aromatic rings. The molecule has 0 radical (unpaired) electrons. The fourth-order valence-electron chi connectivity index (χ4n) is 3.35. The van der Waals surface area contributed by atoms with E-state index in [0.29, 0.717) is 17.1 Å². The van der Waals surface area contributed by atoms with Crippen LogP contribution in [-0.2, 0) is 16.1 Å². The summed E-state index contributed by atoms with van der Waals surface area (Å²) in [5, 5.41) is 12.4. The Morgan fingerprint density at radius 3 is 2.56 bits per heavy atom. The van der Waals surface area contributed by atoms with Gasteiger partial charge in [-0.15, -0.1) is 0 Å². The Balaban J connectivity index is 1.75. The molecule has 10 nitrogen and oxygen atoms in total. The summed E-state index contributed by atoms with van der Waals surface area (Å²) in [5.41, 5.74) is 2.12. The average molecular weight is 437 g/mol. The van der Waals surface area contributed by atoms with Gasteiger partial charge in [0.2, 0.25) is 5.88 Å². The SMILES string of the molecule is CCOC(=O)Oc1ncc2[nH]c3ccc(Oc4ccc([N+](=O)[O-])cc4)cc3c2c1COC. The van der Waals surface area contributed by atoms with Crippen LogP contribution in [-0.4, -0.2) is 34.8 Å². The first-order chi connectivity index (χ1) is 15.5. The molecule has 0 aliphatic rings. The quantitative estimate of drug-likeness (QED) is 0.240. The lowest BCUT2D eigenvalue weighted by molar-refractivity contribution is -0.384. The van der Waals surface area contributed by atoms with E-state index in [0.717, 1.165) is 21.8 Å². The summed E-state index contributed by atoms with van der Waals surface area (Å²) in [5.74, 6) is 1.08. The predicted octanol–water partition coefficient (Wildman–Crippen LogP) is 5.10. The van der Waals surface area contributed by atoms with Crippen molar-refractivity contribution in [1.82, 2.24) is 9.97 Å². The molecule has 0 saturated heterocycles. The van der Waals surface area contributed by atoms with Crippen LogP contribution in [0.2, 0.25) is 0 Å². The number of aromatic nitrogens is 2. The van der Waals surface area contributed by atoms with Gasteiger partial charge in [0.05, 0.1) is 35.4 Å². The number of nitrogens with one attached hydrogen (secondary N) is 1. The van der Waals surface area contributed by atoms with E-state index in [1.54, 1.807) is 19.2 Å². The number of carbonyl (C=O) groups excluding carboxylic acids is 1. The van der Waals surface area contributed by atoms with Crippen LogP contribution in [0.5, 0.6) is 17.4 Å². The second-order valence-electron chi connectivity index (χ2n) is 6.73. The van der Waals surface area contributed by atoms with Gasteiger partial charge in [0.1, 0.15) is 11.5 Å². The molecule has 0 saturated carbocycles. The zero-order chi connectivity index (χ0) is 22.7. The molecule has 2 aromatic carbocycles. The molecule has 2 heterocycles. The van der Waals surface area contributed by atoms with Gasteiger partial charge in [0.25, 0.3) is 5.69 Å². The second-order valence-corrected chi connectivity index (χ2v) is 6.73. The number of hydrogen-bond donors (Lipinski definition) is 1. The monoisotopic (exact) mass is 437 g/mol. The number of pyridine rings is 1. The van der Waals surface area contributed by atoms with Gasteiger partial charge in [-0.05, 0) is 37.3 Å². The van der Waals surface area contributed by atoms with Crippen LogP contribution >= 0.6 is 0 Å². The number of benzene rings is 2. The Kier molecular flexibility index (Phi) is 5.86. The minimum atomic E-state index is -0.848. The first-order valence-corrected chi connectivity index (χ1v) is 9.69. The summed E-state index contributed by atoms with van der Waals surface area (Å²) in [6, 6.07) is 11.3. The topological polar surface area (TPSA) is 126 Å². The lowest BCUT2D eigenvalue weighted by Crippen LogP contribution is -2.12. The maximum Gasteiger partial charge on any atom is 0.515 e. The van der Waals surface area contributed by atoms with Gasteiger partial charge in [0, 0.05) is 35.5 Å². The molecule has 0 fully saturated rings. The normalized spacial score (nSPS) is 10.9. The Morgan fingerprint density at radius 1 is 1.12 bits per heavy atom. The highest BCUT2D eigenvalue weighted by Crippen LogP contribution is 2.36. The van der Waals surface area contributed by atoms with Crippen LogP contribution < -0.4 is 9.47 Å². The highest BCUT2D eigenvalue weighted by atomic mass is 16.7. The van der Waals surface area contributed by atoms with Gasteiger partial charge >= 0.3 is 6.16 Å². The average Bonchev–Trinajstić information content (AvgIpc) is 3.14. The van der Waals surface area contributed by atoms with Crippen molar-refractivity contribution in [3.8, 4) is 17.4 Å². The number of non-ortho nitro benzene ring substituents is 1. The van der Waals surface area contributed by atoms with Crippen molar-refractivity contribution in [1.29, 1.82) is 0 Å². The van der Waals surface area contributed by atoms with Crippen LogP contribution in [0.4, 0.5) is 10.5 Å². The number of hydrogen-bond acceptors (Lipinski definition) is 8. The molecule has 4 rings (SSSR count). The highest BCUT2D eigenvalue weighted by Gasteiger charge is 2.19. The molecular formula is C22H19N3O7. The number of nitrogens with zero attached hydrogens (tertiary/aromatic N) is 2. The Morgan fingerprint density at radius 2 is 1.88 bits per heavy atom. The van der Waals surface area contributed by atoms with E-state index in [4.69, 9.17) is 18.9 Å². The zero-order valence-corrected chi connectivity index (χ0v) is 17.3. The van der Waals surface area contributed by atoms with Crippen molar-refractivity contribution in [2.45, 2.75) is 13.5 Å². The number of fused-ring (bicyclic) bond motifs is 3. The molecule has 1 N–H and O–H groups in total. The van der Waals surface area contributed by atoms with Crippen LogP contribution in [0.1, 0.15) is 12.5 Å². The molecule has 0 aliphatic carbocycles. The number of nitro benzene ring substituents is 1. The smallest absolute Gasteiger partial charge is 0.457 e. The largest absolute Gasteiger partial charge is 0.515 e. The Labute approximate surface area is 181 Å². The standard InChI is InChI=1S/C22H19N3O7/c1-3-30-22(26)32-21-17(12-29-2)20-16-10-15(8-9-18(16)24-19(20)11-23-21)31-14-6-4-13(5-7-14)25(27)28/h4-11,24H,3,12H2,1-2H3. The fourth-order valence-corrected chi connectivity index (χ4v) is 3.35. The molecule has 0 bridgehead atoms. The number of H-pyrrole nitrogens is 1. The Hall–Kier alpha value is -4.18. The molecule has 0 unspecified atom stereocenters. The number of methoxy groups -OCH3 is 1. The van der Waals surface area contributed by atoms with Crippen molar-refractivity contribution >= 4 is 33.6 Å². The van der Waals surface area contributed by atoms with Crippen molar-refractivity contribution in [2.75, 3.05) is 13.7 Å². The van der Waals surface area contributed by atoms with E-state index < -0.39 is 11.1 Å². The Bertz CT molecular complexity index is 1300. The summed E-state index contributed by atoms with van der Waals surface area (Å²) < 4.78 is 21.3. The van der Waals surface area contributed by atoms with Crippen molar-refractivity contribution in [3.63, 3.8) is 0 Å². The number of nitro groups is 1. The summed E-state index contributed by atoms with van der Waals surface area (Å²) in [6.07, 6.45) is 0.721. The highest BCUT2D eigenvalue weighted by molar-refractivity contribution is 6.09. The summed E-state index contributed by atoms with van der Waals surface area (Å²) in [7, 11) is 1.53. The third kappa shape index (κ3) is 4.16. The molecule has 2 aromatic heterocycles. The van der Waals surface area contributed by atoms with E-state index in [-0.39, 0.29) is 24.8 Å². The first-order valence-electron chi connectivity index (χ1n) is 9.69. The van der Waals surface area contributed by atoms with Gasteiger partial charge < -0.3 is 23.9 Å². The lowest BCUT2D eigenvalue weighted by Gasteiger charge is -2.10. The van der Waals surface area contributed by atoms with E-state index in [2.05, 4.69) is 9.97 Å². The van der Waals surface area contributed by atoms with Gasteiger partial charge in [-0.1, -0.05) is 0 Å². The molecule has 0 aliphatic heterocycles. The second kappa shape index (κ2) is 8.90. The lowest BCUT2D eigenvalue weighted by atomic mass is 10.1. The first kappa shape index (κ1) is 21.1. The van der Waals surface area contributed by atoms with Gasteiger partial charge in [-0.3, -0.25) is 10.1 Å². The third-order valence-electron chi connectivity index (χ3n) is 4.68. The molecular weight excluding hydrogens is 418 g/mol. The number of carbonyl (C=O) groups is 1. The van der Waals surface area contributed by atoms with Gasteiger partial charge in [0.15, 0.2) is 0 Å². The van der Waals surface area contributed by atoms with Gasteiger partial charge in [-0.25, -0.2) is 9.78 Å². The number of aromatic amines is 1. The van der Waals surface area contributed by atoms with Crippen molar-refractivity contribution in [3.05, 3.63) is 64.3 Å². The molecule has 0 spiro atoms. The van der Waals surface area contributed by atoms with Gasteiger partial charge in [-0.2, -0.15) is 0 Å². The van der Waals surface area contributed by atoms with Crippen LogP contribution in [0, 0.1) is 10.1 Å². The van der Waals surface area contributed by atoms with Crippen LogP contribution in [0.15, 0.2) is 48.7 Å². The molecule has 164 valence electrons. The van der Waals surface area contributed by atoms with Crippen LogP contribution in [0.3, 0.4) is 0 Å². The van der Waals surface area contributed by atoms with E-state index in [1.165, 1.54) is 31.4 Å². The maximum atomic E-state index is 11.8.